The zero-order valence-electron chi connectivity index (χ0n) is 24.7. The van der Waals surface area contributed by atoms with Gasteiger partial charge < -0.3 is 4.90 Å². The summed E-state index contributed by atoms with van der Waals surface area (Å²) in [6, 6.07) is 26.9. The van der Waals surface area contributed by atoms with Gasteiger partial charge in [-0.2, -0.15) is 0 Å². The zero-order valence-corrected chi connectivity index (χ0v) is 27.1. The third kappa shape index (κ3) is 5.22. The number of carbonyl (C=O) groups is 1. The van der Waals surface area contributed by atoms with Crippen LogP contribution in [0.15, 0.2) is 95.4 Å². The van der Waals surface area contributed by atoms with Crippen LogP contribution in [-0.4, -0.2) is 26.2 Å². The van der Waals surface area contributed by atoms with Crippen molar-refractivity contribution in [3.63, 3.8) is 0 Å². The summed E-state index contributed by atoms with van der Waals surface area (Å²) in [6.45, 7) is 10.3. The van der Waals surface area contributed by atoms with E-state index in [9.17, 15) is 9.59 Å². The molecule has 8 heteroatoms. The van der Waals surface area contributed by atoms with E-state index in [-0.39, 0.29) is 16.9 Å². The molecule has 0 N–H and O–H groups in total. The van der Waals surface area contributed by atoms with E-state index in [4.69, 9.17) is 12.2 Å². The Hall–Kier alpha value is -3.72. The minimum Gasteiger partial charge on any atom is -0.344 e. The first kappa shape index (κ1) is 29.4. The Balaban J connectivity index is 1.40. The van der Waals surface area contributed by atoms with Crippen molar-refractivity contribution in [3.05, 3.63) is 121 Å². The van der Waals surface area contributed by atoms with E-state index in [1.807, 2.05) is 49.4 Å². The molecule has 0 spiro atoms. The molecule has 2 aliphatic rings. The van der Waals surface area contributed by atoms with Crippen LogP contribution in [0, 0.1) is 0 Å². The van der Waals surface area contributed by atoms with E-state index in [0.29, 0.717) is 31.5 Å². The molecule has 2 aliphatic heterocycles. The van der Waals surface area contributed by atoms with Gasteiger partial charge in [0.15, 0.2) is 0 Å². The number of anilines is 1. The summed E-state index contributed by atoms with van der Waals surface area (Å²) in [7, 11) is 0. The van der Waals surface area contributed by atoms with Crippen LogP contribution in [-0.2, 0) is 23.3 Å². The molecular weight excluding hydrogens is 591 g/mol. The second-order valence-electron chi connectivity index (χ2n) is 11.1. The van der Waals surface area contributed by atoms with Crippen molar-refractivity contribution in [1.29, 1.82) is 0 Å². The van der Waals surface area contributed by atoms with E-state index < -0.39 is 0 Å². The summed E-state index contributed by atoms with van der Waals surface area (Å²) in [5.41, 5.74) is 6.65. The van der Waals surface area contributed by atoms with E-state index in [0.717, 1.165) is 17.8 Å². The molecule has 3 aromatic carbocycles. The number of thiocarbonyl (C=S) groups is 1. The predicted octanol–water partition coefficient (Wildman–Crippen LogP) is 6.25. The molecule has 0 bridgehead atoms. The molecule has 3 heterocycles. The van der Waals surface area contributed by atoms with Gasteiger partial charge in [0, 0.05) is 29.9 Å². The van der Waals surface area contributed by atoms with Crippen molar-refractivity contribution in [3.8, 4) is 11.1 Å². The molecule has 6 rings (SSSR count). The van der Waals surface area contributed by atoms with Crippen LogP contribution in [0.5, 0.6) is 0 Å². The van der Waals surface area contributed by atoms with Crippen LogP contribution < -0.4 is 19.7 Å². The van der Waals surface area contributed by atoms with Gasteiger partial charge >= 0.3 is 0 Å². The molecule has 0 radical (unpaired) electrons. The smallest absolute Gasteiger partial charge is 0.269 e. The fourth-order valence-electron chi connectivity index (χ4n) is 5.90. The third-order valence-electron chi connectivity index (χ3n) is 8.16. The second kappa shape index (κ2) is 11.8. The lowest BCUT2D eigenvalue weighted by Gasteiger charge is -2.25. The lowest BCUT2D eigenvalue weighted by atomic mass is 9.82. The number of allylic oxidation sites excluding steroid dienone is 2. The van der Waals surface area contributed by atoms with Crippen molar-refractivity contribution >= 4 is 62.2 Å². The number of benzene rings is 3. The van der Waals surface area contributed by atoms with Crippen LogP contribution in [0.1, 0.15) is 38.8 Å². The molecule has 1 fully saturated rings. The first-order valence-corrected chi connectivity index (χ1v) is 16.5. The topological polar surface area (TPSA) is 45.5 Å². The summed E-state index contributed by atoms with van der Waals surface area (Å²) < 4.78 is 3.48. The Morgan fingerprint density at radius 3 is 2.21 bits per heavy atom. The number of hydrogen-bond acceptors (Lipinski definition) is 6. The van der Waals surface area contributed by atoms with Gasteiger partial charge in [0.05, 0.1) is 11.1 Å². The Kier molecular flexibility index (Phi) is 8.02. The standard InChI is InChI=1S/C35H33N3O2S3/c1-5-36-27-18-17-25(24-15-11-8-12-16-24)21-26(27)35(3,4)29(36)20-19-28-31(39)37(6-2)33(42-28)30-32(40)38(34(41)43-30)22-23-13-9-7-10-14-23/h7-21H,5-6,22H2,1-4H3/b28-19+,29-20+,33-30-. The molecule has 0 aliphatic carbocycles. The lowest BCUT2D eigenvalue weighted by molar-refractivity contribution is -0.121. The SMILES string of the molecule is CCN1/C(=C/C=c2/s/c(=C3\SC(=S)N(Cc4ccccc4)C3=O)n(CC)c2=O)C(C)(C)c2cc(-c3ccccc3)ccc21. The largest absolute Gasteiger partial charge is 0.344 e. The first-order valence-electron chi connectivity index (χ1n) is 14.5. The van der Waals surface area contributed by atoms with E-state index in [1.165, 1.54) is 45.5 Å². The highest BCUT2D eigenvalue weighted by atomic mass is 32.2. The Morgan fingerprint density at radius 2 is 1.53 bits per heavy atom. The number of rotatable bonds is 6. The average molecular weight is 624 g/mol. The maximum Gasteiger partial charge on any atom is 0.269 e. The van der Waals surface area contributed by atoms with Gasteiger partial charge in [-0.3, -0.25) is 19.1 Å². The number of thiazole rings is 1. The molecule has 5 nitrogen and oxygen atoms in total. The predicted molar refractivity (Wildman–Crippen MR) is 185 cm³/mol. The van der Waals surface area contributed by atoms with Crippen LogP contribution >= 0.6 is 35.3 Å². The van der Waals surface area contributed by atoms with Gasteiger partial charge in [-0.05, 0) is 60.4 Å². The van der Waals surface area contributed by atoms with Crippen LogP contribution in [0.4, 0.5) is 5.69 Å². The van der Waals surface area contributed by atoms with Crippen LogP contribution in [0.3, 0.4) is 0 Å². The maximum absolute atomic E-state index is 13.6. The number of hydrogen-bond donors (Lipinski definition) is 0. The van der Waals surface area contributed by atoms with Crippen molar-refractivity contribution in [2.75, 3.05) is 11.4 Å². The van der Waals surface area contributed by atoms with E-state index in [1.54, 1.807) is 9.47 Å². The molecule has 0 unspecified atom stereocenters. The minimum atomic E-state index is -0.257. The van der Waals surface area contributed by atoms with Gasteiger partial charge in [0.25, 0.3) is 11.5 Å². The van der Waals surface area contributed by atoms with Crippen LogP contribution in [0.2, 0.25) is 0 Å². The number of thioether (sulfide) groups is 1. The van der Waals surface area contributed by atoms with Gasteiger partial charge in [-0.1, -0.05) is 105 Å². The highest BCUT2D eigenvalue weighted by molar-refractivity contribution is 8.30. The molecule has 4 aromatic rings. The lowest BCUT2D eigenvalue weighted by Crippen LogP contribution is -2.33. The number of nitrogens with zero attached hydrogens (tertiary/aromatic N) is 3. The minimum absolute atomic E-state index is 0.0876. The molecule has 0 atom stereocenters. The number of fused-ring (bicyclic) bond motifs is 1. The summed E-state index contributed by atoms with van der Waals surface area (Å²) >= 11 is 8.25. The Morgan fingerprint density at radius 1 is 0.837 bits per heavy atom. The summed E-state index contributed by atoms with van der Waals surface area (Å²) in [5, 5.41) is 0. The maximum atomic E-state index is 13.6. The highest BCUT2D eigenvalue weighted by Gasteiger charge is 2.39. The summed E-state index contributed by atoms with van der Waals surface area (Å²) in [6.07, 6.45) is 4.01. The van der Waals surface area contributed by atoms with Crippen LogP contribution in [0.25, 0.3) is 22.1 Å². The molecular formula is C35H33N3O2S3. The van der Waals surface area contributed by atoms with E-state index in [2.05, 4.69) is 74.2 Å². The molecule has 1 aromatic heterocycles. The fraction of sp³-hybridized carbons (Fsp3) is 0.229. The van der Waals surface area contributed by atoms with Gasteiger partial charge in [-0.25, -0.2) is 0 Å². The normalized spacial score (nSPS) is 18.7. The molecule has 1 saturated heterocycles. The molecule has 43 heavy (non-hydrogen) atoms. The third-order valence-corrected chi connectivity index (χ3v) is 10.9. The number of carbonyl (C=O) groups excluding carboxylic acids is 1. The highest BCUT2D eigenvalue weighted by Crippen LogP contribution is 2.48. The van der Waals surface area contributed by atoms with Crippen molar-refractivity contribution in [1.82, 2.24) is 9.47 Å². The first-order chi connectivity index (χ1) is 20.7. The quantitative estimate of drug-likeness (QED) is 0.238. The molecule has 218 valence electrons. The number of amides is 1. The summed E-state index contributed by atoms with van der Waals surface area (Å²) in [4.78, 5) is 31.6. The molecule has 0 saturated carbocycles. The zero-order chi connectivity index (χ0) is 30.3. The van der Waals surface area contributed by atoms with Gasteiger partial charge in [0.1, 0.15) is 13.9 Å². The second-order valence-corrected chi connectivity index (χ2v) is 13.8. The van der Waals surface area contributed by atoms with Crippen molar-refractivity contribution in [2.24, 2.45) is 0 Å². The number of aromatic nitrogens is 1. The summed E-state index contributed by atoms with van der Waals surface area (Å²) in [5.74, 6) is -0.147. The average Bonchev–Trinajstić information content (AvgIpc) is 3.57. The fourth-order valence-corrected chi connectivity index (χ4v) is 8.42. The molecule has 1 amide bonds. The van der Waals surface area contributed by atoms with Gasteiger partial charge in [-0.15, -0.1) is 11.3 Å². The van der Waals surface area contributed by atoms with Crippen molar-refractivity contribution in [2.45, 2.75) is 46.2 Å². The van der Waals surface area contributed by atoms with Gasteiger partial charge in [0.2, 0.25) is 0 Å². The monoisotopic (exact) mass is 623 g/mol. The Labute approximate surface area is 265 Å². The number of likely N-dealkylation sites (N-methyl/N-ethyl adjacent to an activating group) is 1. The van der Waals surface area contributed by atoms with Crippen molar-refractivity contribution < 1.29 is 4.79 Å². The van der Waals surface area contributed by atoms with E-state index >= 15 is 0 Å². The Bertz CT molecular complexity index is 1940.